The number of alkyl halides is 1. The molecule has 4 heteroatoms. The first kappa shape index (κ1) is 13.8. The summed E-state index contributed by atoms with van der Waals surface area (Å²) in [6, 6.07) is 4.82. The summed E-state index contributed by atoms with van der Waals surface area (Å²) in [5, 5.41) is 3.49. The van der Waals surface area contributed by atoms with E-state index in [0.717, 1.165) is 24.9 Å². The van der Waals surface area contributed by atoms with E-state index in [0.29, 0.717) is 6.54 Å². The molecule has 1 atom stereocenters. The first-order chi connectivity index (χ1) is 7.63. The molecule has 90 valence electrons. The summed E-state index contributed by atoms with van der Waals surface area (Å²) in [6.45, 7) is 3.45. The Labute approximate surface area is 106 Å². The predicted octanol–water partition coefficient (Wildman–Crippen LogP) is 3.98. The molecule has 1 nitrogen and oxygen atoms in total. The summed E-state index contributed by atoms with van der Waals surface area (Å²) in [6.07, 6.45) is 2.06. The van der Waals surface area contributed by atoms with E-state index in [2.05, 4.69) is 12.2 Å². The van der Waals surface area contributed by atoms with Crippen LogP contribution in [0, 0.1) is 5.82 Å². The fourth-order valence-corrected chi connectivity index (χ4v) is 1.88. The molecule has 0 aliphatic rings. The van der Waals surface area contributed by atoms with Crippen LogP contribution in [0.25, 0.3) is 0 Å². The number of nitrogens with one attached hydrogen (secondary N) is 1. The molecule has 0 saturated heterocycles. The second-order valence-corrected chi connectivity index (χ2v) is 4.79. The summed E-state index contributed by atoms with van der Waals surface area (Å²) in [7, 11) is 0. The Hall–Kier alpha value is -0.310. The fourth-order valence-electron chi connectivity index (χ4n) is 1.44. The lowest BCUT2D eigenvalue weighted by molar-refractivity contribution is 0.608. The number of benzene rings is 1. The zero-order chi connectivity index (χ0) is 12.0. The van der Waals surface area contributed by atoms with Gasteiger partial charge in [-0.25, -0.2) is 4.39 Å². The molecule has 1 rings (SSSR count). The molecule has 0 heterocycles. The minimum absolute atomic E-state index is 0.141. The van der Waals surface area contributed by atoms with E-state index in [1.807, 2.05) is 6.07 Å². The third-order valence-corrected chi connectivity index (χ3v) is 2.96. The molecule has 0 amide bonds. The number of hydrogen-bond acceptors (Lipinski definition) is 1. The lowest BCUT2D eigenvalue weighted by atomic mass is 10.2. The molecule has 1 N–H and O–H groups in total. The highest BCUT2D eigenvalue weighted by molar-refractivity contribution is 6.30. The summed E-state index contributed by atoms with van der Waals surface area (Å²) < 4.78 is 13.1. The van der Waals surface area contributed by atoms with Gasteiger partial charge >= 0.3 is 0 Å². The SMILES string of the molecule is CCCC(Cl)CNCc1ccc(Cl)c(F)c1. The fraction of sp³-hybridized carbons (Fsp3) is 0.500. The third kappa shape index (κ3) is 4.69. The van der Waals surface area contributed by atoms with Gasteiger partial charge in [0.2, 0.25) is 0 Å². The van der Waals surface area contributed by atoms with E-state index in [9.17, 15) is 4.39 Å². The van der Waals surface area contributed by atoms with E-state index in [-0.39, 0.29) is 16.2 Å². The second kappa shape index (κ2) is 7.10. The molecule has 0 bridgehead atoms. The maximum absolute atomic E-state index is 13.1. The van der Waals surface area contributed by atoms with Crippen LogP contribution < -0.4 is 5.32 Å². The van der Waals surface area contributed by atoms with Crippen molar-refractivity contribution in [3.8, 4) is 0 Å². The molecule has 1 aromatic rings. The molecular weight excluding hydrogens is 248 g/mol. The lowest BCUT2D eigenvalue weighted by Gasteiger charge is -2.09. The van der Waals surface area contributed by atoms with Crippen molar-refractivity contribution in [1.82, 2.24) is 5.32 Å². The van der Waals surface area contributed by atoms with Gasteiger partial charge < -0.3 is 5.32 Å². The highest BCUT2D eigenvalue weighted by atomic mass is 35.5. The van der Waals surface area contributed by atoms with Crippen LogP contribution in [-0.4, -0.2) is 11.9 Å². The van der Waals surface area contributed by atoms with Crippen molar-refractivity contribution in [2.24, 2.45) is 0 Å². The number of halogens is 3. The average Bonchev–Trinajstić information content (AvgIpc) is 2.24. The van der Waals surface area contributed by atoms with Crippen molar-refractivity contribution in [2.75, 3.05) is 6.54 Å². The predicted molar refractivity (Wildman–Crippen MR) is 67.7 cm³/mol. The minimum atomic E-state index is -0.378. The minimum Gasteiger partial charge on any atom is -0.311 e. The summed E-state index contributed by atoms with van der Waals surface area (Å²) in [5.74, 6) is -0.378. The van der Waals surface area contributed by atoms with Gasteiger partial charge in [0.15, 0.2) is 0 Å². The van der Waals surface area contributed by atoms with Gasteiger partial charge in [0.25, 0.3) is 0 Å². The Balaban J connectivity index is 2.34. The van der Waals surface area contributed by atoms with Crippen molar-refractivity contribution in [3.63, 3.8) is 0 Å². The van der Waals surface area contributed by atoms with E-state index in [1.165, 1.54) is 6.07 Å². The van der Waals surface area contributed by atoms with Crippen LogP contribution >= 0.6 is 23.2 Å². The standard InChI is InChI=1S/C12H16Cl2FN/c1-2-3-10(13)8-16-7-9-4-5-11(14)12(15)6-9/h4-6,10,16H,2-3,7-8H2,1H3. The number of rotatable bonds is 6. The topological polar surface area (TPSA) is 12.0 Å². The third-order valence-electron chi connectivity index (χ3n) is 2.28. The second-order valence-electron chi connectivity index (χ2n) is 3.77. The van der Waals surface area contributed by atoms with E-state index >= 15 is 0 Å². The van der Waals surface area contributed by atoms with Crippen LogP contribution in [0.2, 0.25) is 5.02 Å². The maximum Gasteiger partial charge on any atom is 0.142 e. The quantitative estimate of drug-likeness (QED) is 0.766. The van der Waals surface area contributed by atoms with Crippen LogP contribution in [0.4, 0.5) is 4.39 Å². The van der Waals surface area contributed by atoms with Crippen LogP contribution in [-0.2, 0) is 6.54 Å². The van der Waals surface area contributed by atoms with Crippen molar-refractivity contribution < 1.29 is 4.39 Å². The molecule has 0 radical (unpaired) electrons. The van der Waals surface area contributed by atoms with Crippen molar-refractivity contribution in [2.45, 2.75) is 31.7 Å². The highest BCUT2D eigenvalue weighted by Crippen LogP contribution is 2.15. The largest absolute Gasteiger partial charge is 0.311 e. The Bertz CT molecular complexity index is 331. The van der Waals surface area contributed by atoms with Gasteiger partial charge in [-0.2, -0.15) is 0 Å². The van der Waals surface area contributed by atoms with Gasteiger partial charge in [-0.15, -0.1) is 11.6 Å². The van der Waals surface area contributed by atoms with Crippen molar-refractivity contribution >= 4 is 23.2 Å². The van der Waals surface area contributed by atoms with Crippen LogP contribution in [0.1, 0.15) is 25.3 Å². The summed E-state index contributed by atoms with van der Waals surface area (Å²) in [5.41, 5.74) is 0.877. The van der Waals surface area contributed by atoms with Gasteiger partial charge in [-0.3, -0.25) is 0 Å². The molecule has 0 spiro atoms. The van der Waals surface area contributed by atoms with Gasteiger partial charge in [-0.05, 0) is 24.1 Å². The smallest absolute Gasteiger partial charge is 0.142 e. The lowest BCUT2D eigenvalue weighted by Crippen LogP contribution is -2.22. The van der Waals surface area contributed by atoms with Gasteiger partial charge in [-0.1, -0.05) is 31.0 Å². The Kier molecular flexibility index (Phi) is 6.10. The Morgan fingerprint density at radius 1 is 1.44 bits per heavy atom. The highest BCUT2D eigenvalue weighted by Gasteiger charge is 2.04. The molecule has 0 aliphatic heterocycles. The Morgan fingerprint density at radius 3 is 2.81 bits per heavy atom. The molecule has 0 aliphatic carbocycles. The molecule has 1 unspecified atom stereocenters. The van der Waals surface area contributed by atoms with Crippen LogP contribution in [0.3, 0.4) is 0 Å². The monoisotopic (exact) mass is 263 g/mol. The Morgan fingerprint density at radius 2 is 2.19 bits per heavy atom. The summed E-state index contributed by atoms with van der Waals surface area (Å²) >= 11 is 11.6. The van der Waals surface area contributed by atoms with Gasteiger partial charge in [0.1, 0.15) is 5.82 Å². The zero-order valence-electron chi connectivity index (χ0n) is 9.27. The molecule has 0 fully saturated rings. The van der Waals surface area contributed by atoms with Crippen LogP contribution in [0.15, 0.2) is 18.2 Å². The normalized spacial score (nSPS) is 12.8. The van der Waals surface area contributed by atoms with Gasteiger partial charge in [0.05, 0.1) is 5.02 Å². The first-order valence-corrected chi connectivity index (χ1v) is 6.23. The number of hydrogen-bond donors (Lipinski definition) is 1. The van der Waals surface area contributed by atoms with Gasteiger partial charge in [0, 0.05) is 18.5 Å². The zero-order valence-corrected chi connectivity index (χ0v) is 10.8. The average molecular weight is 264 g/mol. The summed E-state index contributed by atoms with van der Waals surface area (Å²) in [4.78, 5) is 0. The molecule has 16 heavy (non-hydrogen) atoms. The maximum atomic E-state index is 13.1. The molecule has 1 aromatic carbocycles. The van der Waals surface area contributed by atoms with Crippen LogP contribution in [0.5, 0.6) is 0 Å². The first-order valence-electron chi connectivity index (χ1n) is 5.42. The van der Waals surface area contributed by atoms with Crippen molar-refractivity contribution in [3.05, 3.63) is 34.6 Å². The van der Waals surface area contributed by atoms with E-state index in [4.69, 9.17) is 23.2 Å². The molecule has 0 aromatic heterocycles. The van der Waals surface area contributed by atoms with E-state index < -0.39 is 0 Å². The molecule has 0 saturated carbocycles. The molecular formula is C12H16Cl2FN. The van der Waals surface area contributed by atoms with Crippen molar-refractivity contribution in [1.29, 1.82) is 0 Å². The van der Waals surface area contributed by atoms with E-state index in [1.54, 1.807) is 6.07 Å².